The molecule has 5 atom stereocenters. The molecule has 1 unspecified atom stereocenters. The summed E-state index contributed by atoms with van der Waals surface area (Å²) >= 11 is 0. The molecule has 34 heavy (non-hydrogen) atoms. The highest BCUT2D eigenvalue weighted by molar-refractivity contribution is 7.86. The van der Waals surface area contributed by atoms with E-state index in [0.717, 1.165) is 5.56 Å². The lowest BCUT2D eigenvalue weighted by molar-refractivity contribution is -0.274. The van der Waals surface area contributed by atoms with Crippen molar-refractivity contribution in [3.8, 4) is 0 Å². The maximum absolute atomic E-state index is 12.8. The average Bonchev–Trinajstić information content (AvgIpc) is 2.63. The molecule has 0 spiro atoms. The quantitative estimate of drug-likeness (QED) is 0.344. The summed E-state index contributed by atoms with van der Waals surface area (Å²) in [7, 11) is -10.4. The first-order valence-electron chi connectivity index (χ1n) is 11.6. The molecule has 12 heteroatoms. The second-order valence-electron chi connectivity index (χ2n) is 11.7. The third-order valence-electron chi connectivity index (χ3n) is 4.78. The van der Waals surface area contributed by atoms with Crippen LogP contribution in [0.15, 0.2) is 29.2 Å². The number of aryl methyl sites for hydroxylation is 1. The van der Waals surface area contributed by atoms with Gasteiger partial charge in [0.2, 0.25) is 0 Å². The van der Waals surface area contributed by atoms with E-state index in [-0.39, 0.29) is 11.5 Å². The standard InChI is InChI=1S/C22H42O8SSi3/c1-16-11-13-17(14-12-16)31(24,25)26-15-18-19(28-32(2,3)4)20(29-33(5,6)7)21(22(23)27-18)30-34(8,9)10/h11-14,18-23H,15H2,1-10H3/t18-,19-,20+,21-,22?/m1/s1. The number of rotatable bonds is 10. The van der Waals surface area contributed by atoms with E-state index in [1.807, 2.05) is 46.2 Å². The minimum Gasteiger partial charge on any atom is -0.409 e. The maximum Gasteiger partial charge on any atom is 0.297 e. The van der Waals surface area contributed by atoms with Crippen LogP contribution in [-0.2, 0) is 32.3 Å². The SMILES string of the molecule is Cc1ccc(S(=O)(=O)OC[C@H]2OC(O)[C@H](O[Si](C)(C)C)[C@@H](O[Si](C)(C)C)[C@@H]2O[Si](C)(C)C)cc1. The van der Waals surface area contributed by atoms with Gasteiger partial charge in [-0.1, -0.05) is 17.7 Å². The van der Waals surface area contributed by atoms with Crippen LogP contribution in [0.25, 0.3) is 0 Å². The molecule has 0 amide bonds. The molecule has 1 aromatic carbocycles. The average molecular weight is 551 g/mol. The first kappa shape index (κ1) is 29.8. The van der Waals surface area contributed by atoms with Crippen LogP contribution in [0, 0.1) is 6.92 Å². The van der Waals surface area contributed by atoms with E-state index in [0.29, 0.717) is 0 Å². The smallest absolute Gasteiger partial charge is 0.297 e. The summed E-state index contributed by atoms with van der Waals surface area (Å²) in [6, 6.07) is 6.44. The molecular formula is C22H42O8SSi3. The molecule has 1 fully saturated rings. The third kappa shape index (κ3) is 9.23. The Morgan fingerprint density at radius 1 is 0.794 bits per heavy atom. The molecule has 1 N–H and O–H groups in total. The molecule has 1 aromatic rings. The number of aliphatic hydroxyl groups excluding tert-OH is 1. The van der Waals surface area contributed by atoms with Gasteiger partial charge in [0, 0.05) is 0 Å². The molecule has 1 saturated heterocycles. The van der Waals surface area contributed by atoms with Gasteiger partial charge in [-0.25, -0.2) is 0 Å². The van der Waals surface area contributed by atoms with Crippen molar-refractivity contribution in [3.05, 3.63) is 29.8 Å². The Balaban J connectivity index is 2.38. The van der Waals surface area contributed by atoms with Crippen LogP contribution < -0.4 is 0 Å². The second kappa shape index (κ2) is 10.9. The van der Waals surface area contributed by atoms with Gasteiger partial charge in [0.1, 0.15) is 24.4 Å². The third-order valence-corrected chi connectivity index (χ3v) is 9.01. The predicted molar refractivity (Wildman–Crippen MR) is 140 cm³/mol. The molecule has 0 saturated carbocycles. The van der Waals surface area contributed by atoms with E-state index >= 15 is 0 Å². The molecule has 1 aliphatic heterocycles. The van der Waals surface area contributed by atoms with Gasteiger partial charge in [-0.15, -0.1) is 0 Å². The molecule has 0 radical (unpaired) electrons. The number of ether oxygens (including phenoxy) is 1. The number of hydrogen-bond donors (Lipinski definition) is 1. The van der Waals surface area contributed by atoms with E-state index in [4.69, 9.17) is 22.2 Å². The van der Waals surface area contributed by atoms with Crippen molar-refractivity contribution in [2.75, 3.05) is 6.61 Å². The first-order chi connectivity index (χ1) is 15.3. The summed E-state index contributed by atoms with van der Waals surface area (Å²) in [4.78, 5) is 0.0620. The van der Waals surface area contributed by atoms with Crippen LogP contribution in [0.3, 0.4) is 0 Å². The Hall–Kier alpha value is -0.419. The lowest BCUT2D eigenvalue weighted by atomic mass is 9.99. The summed E-state index contributed by atoms with van der Waals surface area (Å²) in [5.41, 5.74) is 0.945. The molecule has 0 bridgehead atoms. The minimum absolute atomic E-state index is 0.0620. The van der Waals surface area contributed by atoms with Gasteiger partial charge in [0.25, 0.3) is 10.1 Å². The molecule has 1 heterocycles. The predicted octanol–water partition coefficient (Wildman–Crippen LogP) is 4.08. The van der Waals surface area contributed by atoms with E-state index < -0.39 is 65.8 Å². The van der Waals surface area contributed by atoms with Crippen LogP contribution in [0.4, 0.5) is 0 Å². The Bertz CT molecular complexity index is 904. The monoisotopic (exact) mass is 550 g/mol. The van der Waals surface area contributed by atoms with Gasteiger partial charge in [-0.05, 0) is 78.0 Å². The Labute approximate surface area is 208 Å². The Kier molecular flexibility index (Phi) is 9.56. The van der Waals surface area contributed by atoms with Gasteiger partial charge in [-0.3, -0.25) is 4.18 Å². The first-order valence-corrected chi connectivity index (χ1v) is 23.2. The Morgan fingerprint density at radius 3 is 1.71 bits per heavy atom. The van der Waals surface area contributed by atoms with Gasteiger partial charge < -0.3 is 23.1 Å². The molecule has 1 aliphatic rings. The summed E-state index contributed by atoms with van der Waals surface area (Å²) in [5, 5.41) is 10.9. The zero-order chi connectivity index (χ0) is 26.1. The van der Waals surface area contributed by atoms with Crippen molar-refractivity contribution in [1.29, 1.82) is 0 Å². The van der Waals surface area contributed by atoms with Gasteiger partial charge in [0.15, 0.2) is 31.2 Å². The molecule has 0 aliphatic carbocycles. The molecule has 0 aromatic heterocycles. The van der Waals surface area contributed by atoms with Crippen LogP contribution in [0.2, 0.25) is 58.9 Å². The number of aliphatic hydroxyl groups is 1. The zero-order valence-corrected chi connectivity index (χ0v) is 25.9. The molecular weight excluding hydrogens is 509 g/mol. The van der Waals surface area contributed by atoms with E-state index in [9.17, 15) is 13.5 Å². The van der Waals surface area contributed by atoms with Gasteiger partial charge in [0.05, 0.1) is 11.5 Å². The summed E-state index contributed by atoms with van der Waals surface area (Å²) in [6.45, 7) is 19.9. The highest BCUT2D eigenvalue weighted by Crippen LogP contribution is 2.33. The minimum atomic E-state index is -4.02. The van der Waals surface area contributed by atoms with Crippen molar-refractivity contribution >= 4 is 35.1 Å². The van der Waals surface area contributed by atoms with E-state index in [1.165, 1.54) is 12.1 Å². The summed E-state index contributed by atoms with van der Waals surface area (Å²) in [6.07, 6.45) is -4.18. The fourth-order valence-electron chi connectivity index (χ4n) is 3.59. The Morgan fingerprint density at radius 2 is 1.24 bits per heavy atom. The molecule has 2 rings (SSSR count). The normalized spacial score (nSPS) is 27.1. The summed E-state index contributed by atoms with van der Waals surface area (Å²) in [5.74, 6) is 0. The highest BCUT2D eigenvalue weighted by Gasteiger charge is 2.51. The van der Waals surface area contributed by atoms with Crippen molar-refractivity contribution in [1.82, 2.24) is 0 Å². The van der Waals surface area contributed by atoms with Crippen LogP contribution >= 0.6 is 0 Å². The van der Waals surface area contributed by atoms with E-state index in [1.54, 1.807) is 12.1 Å². The molecule has 8 nitrogen and oxygen atoms in total. The van der Waals surface area contributed by atoms with E-state index in [2.05, 4.69) is 19.6 Å². The largest absolute Gasteiger partial charge is 0.409 e. The van der Waals surface area contributed by atoms with Gasteiger partial charge in [-0.2, -0.15) is 8.42 Å². The highest BCUT2D eigenvalue weighted by atomic mass is 32.2. The zero-order valence-electron chi connectivity index (χ0n) is 22.1. The van der Waals surface area contributed by atoms with Crippen molar-refractivity contribution in [2.45, 2.75) is 101 Å². The maximum atomic E-state index is 12.8. The van der Waals surface area contributed by atoms with Crippen molar-refractivity contribution < 1.29 is 35.7 Å². The molecule has 196 valence electrons. The van der Waals surface area contributed by atoms with Crippen LogP contribution in [-0.4, -0.2) is 75.8 Å². The lowest BCUT2D eigenvalue weighted by Crippen LogP contribution is -2.65. The second-order valence-corrected chi connectivity index (χ2v) is 26.7. The fourth-order valence-corrected chi connectivity index (χ4v) is 7.76. The van der Waals surface area contributed by atoms with Crippen molar-refractivity contribution in [3.63, 3.8) is 0 Å². The topological polar surface area (TPSA) is 101 Å². The van der Waals surface area contributed by atoms with Crippen molar-refractivity contribution in [2.24, 2.45) is 0 Å². The van der Waals surface area contributed by atoms with Crippen LogP contribution in [0.5, 0.6) is 0 Å². The fraction of sp³-hybridized carbons (Fsp3) is 0.727. The summed E-state index contributed by atoms with van der Waals surface area (Å²) < 4.78 is 56.2. The van der Waals surface area contributed by atoms with Gasteiger partial charge >= 0.3 is 0 Å². The lowest BCUT2D eigenvalue weighted by Gasteiger charge is -2.49. The number of hydrogen-bond acceptors (Lipinski definition) is 8. The number of benzene rings is 1. The van der Waals surface area contributed by atoms with Crippen LogP contribution in [0.1, 0.15) is 5.56 Å².